The molecule has 0 saturated heterocycles. The summed E-state index contributed by atoms with van der Waals surface area (Å²) in [6, 6.07) is 47.2. The normalized spacial score (nSPS) is 12.8. The Morgan fingerprint density at radius 2 is 0.932 bits per heavy atom. The molecule has 0 radical (unpaired) electrons. The molecular weight excluding hydrogens is 881 g/mol. The molecule has 1 fully saturated rings. The predicted octanol–water partition coefficient (Wildman–Crippen LogP) is 8.39. The summed E-state index contributed by atoms with van der Waals surface area (Å²) in [5.74, 6) is 0. The zero-order chi connectivity index (χ0) is 30.0. The molecule has 6 heteroatoms. The van der Waals surface area contributed by atoms with E-state index in [2.05, 4.69) is 190 Å². The summed E-state index contributed by atoms with van der Waals surface area (Å²) >= 11 is 6.45. The Balaban J connectivity index is 0.000000194. The zero-order valence-corrected chi connectivity index (χ0v) is 31.6. The number of hydrogen-bond acceptors (Lipinski definition) is 1. The van der Waals surface area contributed by atoms with Crippen molar-refractivity contribution in [2.24, 2.45) is 0 Å². The van der Waals surface area contributed by atoms with Crippen LogP contribution in [-0.2, 0) is 34.8 Å². The molecule has 0 unspecified atom stereocenters. The average molecular weight is 915 g/mol. The molecule has 44 heavy (non-hydrogen) atoms. The Hall–Kier alpha value is -1.65. The molecule has 1 saturated carbocycles. The fraction of sp³-hybridized carbons (Fsp3) is 0. The van der Waals surface area contributed by atoms with E-state index in [-0.39, 0.29) is 17.1 Å². The minimum atomic E-state index is -0.834. The summed E-state index contributed by atoms with van der Waals surface area (Å²) in [4.78, 5) is 0. The van der Waals surface area contributed by atoms with Crippen LogP contribution < -0.4 is 21.2 Å². The SMILES string of the molecule is C1=CC(=[PH](c2ccccc2)c2ccccc2)C=C1.[Br][Pt+].[Fe].[c-]1cccs1.c1ccc([PH](=C2[CH-][CH-][CH-][CH-]2)c2ccccc2)cc1. The molecule has 0 nitrogen and oxygen atoms in total. The maximum Gasteiger partial charge on any atom is 0 e. The van der Waals surface area contributed by atoms with E-state index in [1.807, 2.05) is 35.3 Å². The van der Waals surface area contributed by atoms with Gasteiger partial charge in [-0.15, -0.1) is 12.9 Å². The minimum absolute atomic E-state index is 0. The van der Waals surface area contributed by atoms with E-state index in [9.17, 15) is 0 Å². The topological polar surface area (TPSA) is 0 Å². The predicted molar refractivity (Wildman–Crippen MR) is 199 cm³/mol. The third-order valence-electron chi connectivity index (χ3n) is 6.53. The van der Waals surface area contributed by atoms with Crippen LogP contribution in [0.5, 0.6) is 0 Å². The van der Waals surface area contributed by atoms with Gasteiger partial charge < -0.3 is 42.3 Å². The van der Waals surface area contributed by atoms with Gasteiger partial charge in [0.05, 0.1) is 0 Å². The Kier molecular flexibility index (Phi) is 18.4. The molecule has 0 bridgehead atoms. The third-order valence-corrected chi connectivity index (χ3v) is 12.6. The molecule has 2 aliphatic rings. The molecule has 230 valence electrons. The fourth-order valence-electron chi connectivity index (χ4n) is 4.70. The van der Waals surface area contributed by atoms with Crippen molar-refractivity contribution in [1.29, 1.82) is 0 Å². The molecule has 2 aliphatic carbocycles. The van der Waals surface area contributed by atoms with E-state index in [1.165, 1.54) is 31.8 Å². The van der Waals surface area contributed by atoms with Crippen LogP contribution >= 0.6 is 39.7 Å². The summed E-state index contributed by atoms with van der Waals surface area (Å²) in [7, 11) is -1.67. The van der Waals surface area contributed by atoms with Crippen LogP contribution in [0.25, 0.3) is 0 Å². The van der Waals surface area contributed by atoms with Crippen molar-refractivity contribution in [1.82, 2.24) is 0 Å². The van der Waals surface area contributed by atoms with E-state index in [0.29, 0.717) is 0 Å². The maximum atomic E-state index is 2.91. The number of halogens is 1. The van der Waals surface area contributed by atoms with Gasteiger partial charge in [0.25, 0.3) is 0 Å². The Labute approximate surface area is 298 Å². The molecular formula is C38H33BrFeP2PtS-4. The molecule has 0 aliphatic heterocycles. The number of thiophene rings is 1. The van der Waals surface area contributed by atoms with E-state index in [0.717, 1.165) is 0 Å². The molecule has 7 rings (SSSR count). The zero-order valence-electron chi connectivity index (χ0n) is 23.9. The van der Waals surface area contributed by atoms with Crippen molar-refractivity contribution < 1.29 is 34.8 Å². The first-order valence-electron chi connectivity index (χ1n) is 13.8. The Morgan fingerprint density at radius 1 is 0.545 bits per heavy atom. The van der Waals surface area contributed by atoms with Crippen LogP contribution in [0.4, 0.5) is 0 Å². The second kappa shape index (κ2) is 22.0. The van der Waals surface area contributed by atoms with Gasteiger partial charge in [-0.2, -0.15) is 11.4 Å². The van der Waals surface area contributed by atoms with Gasteiger partial charge in [-0.25, -0.2) is 6.07 Å². The third kappa shape index (κ3) is 11.6. The van der Waals surface area contributed by atoms with Gasteiger partial charge in [-0.3, -0.25) is 0 Å². The van der Waals surface area contributed by atoms with Gasteiger partial charge in [0.2, 0.25) is 0 Å². The summed E-state index contributed by atoms with van der Waals surface area (Å²) < 4.78 is 0. The first-order chi connectivity index (χ1) is 21.4. The van der Waals surface area contributed by atoms with Crippen LogP contribution in [0.2, 0.25) is 0 Å². The van der Waals surface area contributed by atoms with Crippen molar-refractivity contribution in [2.45, 2.75) is 0 Å². The van der Waals surface area contributed by atoms with Crippen molar-refractivity contribution in [3.8, 4) is 0 Å². The van der Waals surface area contributed by atoms with Crippen molar-refractivity contribution >= 4 is 71.5 Å². The first kappa shape index (κ1) is 36.8. The van der Waals surface area contributed by atoms with Crippen LogP contribution in [0.15, 0.2) is 163 Å². The van der Waals surface area contributed by atoms with Crippen molar-refractivity contribution in [3.05, 3.63) is 194 Å². The molecule has 5 aromatic rings. The second-order valence-electron chi connectivity index (χ2n) is 9.29. The van der Waals surface area contributed by atoms with Crippen LogP contribution in [0.1, 0.15) is 0 Å². The van der Waals surface area contributed by atoms with E-state index < -0.39 is 15.1 Å². The minimum Gasteiger partial charge on any atom is -0.694 e. The van der Waals surface area contributed by atoms with E-state index in [4.69, 9.17) is 0 Å². The fourth-order valence-corrected chi connectivity index (χ4v) is 10.2. The van der Waals surface area contributed by atoms with Gasteiger partial charge in [-0.1, -0.05) is 153 Å². The monoisotopic (exact) mass is 913 g/mol. The maximum absolute atomic E-state index is 2.91. The summed E-state index contributed by atoms with van der Waals surface area (Å²) in [5.41, 5.74) is 0. The van der Waals surface area contributed by atoms with Crippen molar-refractivity contribution in [3.63, 3.8) is 0 Å². The summed E-state index contributed by atoms with van der Waals surface area (Å²) in [6.07, 6.45) is 17.5. The molecule has 1 aromatic heterocycles. The molecule has 0 amide bonds. The largest absolute Gasteiger partial charge is 0.694 e. The quantitative estimate of drug-likeness (QED) is 0.0967. The number of benzene rings is 4. The van der Waals surface area contributed by atoms with Crippen molar-refractivity contribution in [2.75, 3.05) is 0 Å². The molecule has 0 spiro atoms. The molecule has 1 heterocycles. The Bertz CT molecular complexity index is 1480. The summed E-state index contributed by atoms with van der Waals surface area (Å²) in [5, 5.41) is 13.6. The summed E-state index contributed by atoms with van der Waals surface area (Å²) in [6.45, 7) is 0. The van der Waals surface area contributed by atoms with Gasteiger partial charge in [0.1, 0.15) is 0 Å². The standard InChI is InChI=1S/2C17H15P.C4H3S.BrH.Fe.Pt/c2*1-3-9-15(10-4-1)18(17-13-7-8-14-17)16-11-5-2-6-12-16;1-2-4-5-3-1;;;/h2*1-14,18H;1-3H;1H;;/q;-4;-1;;;+2/p-1. The smallest absolute Gasteiger partial charge is 0 e. The average Bonchev–Trinajstić information content (AvgIpc) is 3.92. The second-order valence-corrected chi connectivity index (χ2v) is 15.0. The van der Waals surface area contributed by atoms with Gasteiger partial charge in [0, 0.05) is 17.1 Å². The molecule has 0 N–H and O–H groups in total. The number of allylic oxidation sites excluding steroid dienone is 4. The molecule has 0 atom stereocenters. The first-order valence-corrected chi connectivity index (χ1v) is 22.7. The van der Waals surface area contributed by atoms with Crippen LogP contribution in [0.3, 0.4) is 0 Å². The van der Waals surface area contributed by atoms with Gasteiger partial charge >= 0.3 is 31.1 Å². The van der Waals surface area contributed by atoms with E-state index in [1.54, 1.807) is 11.3 Å². The van der Waals surface area contributed by atoms with Gasteiger partial charge in [0.15, 0.2) is 0 Å². The van der Waals surface area contributed by atoms with E-state index >= 15 is 0 Å². The number of rotatable bonds is 4. The van der Waals surface area contributed by atoms with Gasteiger partial charge in [-0.05, 0) is 26.5 Å². The van der Waals surface area contributed by atoms with Crippen LogP contribution in [-0.4, -0.2) is 10.6 Å². The molecule has 4 aromatic carbocycles. The van der Waals surface area contributed by atoms with Crippen LogP contribution in [0, 0.1) is 31.1 Å². The Morgan fingerprint density at radius 3 is 1.25 bits per heavy atom. The number of hydrogen-bond donors (Lipinski definition) is 0.